The molecule has 0 heterocycles. The van der Waals surface area contributed by atoms with Crippen molar-refractivity contribution < 1.29 is 4.79 Å². The average molecular weight is 388 g/mol. The van der Waals surface area contributed by atoms with Gasteiger partial charge in [0.25, 0.3) is 0 Å². The van der Waals surface area contributed by atoms with Crippen molar-refractivity contribution in [3.05, 3.63) is 27.2 Å². The molecule has 5 rings (SSSR count). The van der Waals surface area contributed by atoms with Gasteiger partial charge in [-0.05, 0) is 68.4 Å². The molecule has 0 aromatic heterocycles. The van der Waals surface area contributed by atoms with Gasteiger partial charge < -0.3 is 10.6 Å². The fourth-order valence-electron chi connectivity index (χ4n) is 5.44. The highest BCUT2D eigenvalue weighted by molar-refractivity contribution is 6.42. The van der Waals surface area contributed by atoms with Crippen LogP contribution in [0.2, 0.25) is 15.1 Å². The van der Waals surface area contributed by atoms with Crippen molar-refractivity contribution in [2.24, 2.45) is 17.8 Å². The normalized spacial score (nSPS) is 33.7. The van der Waals surface area contributed by atoms with Gasteiger partial charge in [-0.2, -0.15) is 0 Å². The minimum Gasteiger partial charge on any atom is -0.322 e. The molecule has 0 spiro atoms. The maximum absolute atomic E-state index is 12.4. The lowest BCUT2D eigenvalue weighted by Gasteiger charge is -2.57. The zero-order chi connectivity index (χ0) is 16.9. The standard InChI is InChI=1S/C18H21Cl3N2O/c19-13-4-14(20)17(15(21)5-13)23-16(24)9-22-18-6-10-1-11(7-18)3-12(2-10)8-18/h4-5,10-12,22H,1-3,6-9H2,(H,23,24). The summed E-state index contributed by atoms with van der Waals surface area (Å²) in [5.74, 6) is 2.45. The summed E-state index contributed by atoms with van der Waals surface area (Å²) < 4.78 is 0. The van der Waals surface area contributed by atoms with Gasteiger partial charge in [-0.15, -0.1) is 0 Å². The molecule has 3 nitrogen and oxygen atoms in total. The van der Waals surface area contributed by atoms with Crippen LogP contribution in [0.5, 0.6) is 0 Å². The second-order valence-corrected chi connectivity index (χ2v) is 9.09. The Balaban J connectivity index is 1.39. The van der Waals surface area contributed by atoms with Crippen LogP contribution in [0.4, 0.5) is 5.69 Å². The Morgan fingerprint density at radius 1 is 1.00 bits per heavy atom. The van der Waals surface area contributed by atoms with E-state index < -0.39 is 0 Å². The largest absolute Gasteiger partial charge is 0.322 e. The topological polar surface area (TPSA) is 41.1 Å². The van der Waals surface area contributed by atoms with E-state index in [4.69, 9.17) is 34.8 Å². The summed E-state index contributed by atoms with van der Waals surface area (Å²) in [6.07, 6.45) is 7.83. The minimum absolute atomic E-state index is 0.114. The van der Waals surface area contributed by atoms with Crippen LogP contribution in [0.3, 0.4) is 0 Å². The van der Waals surface area contributed by atoms with Crippen LogP contribution < -0.4 is 10.6 Å². The summed E-state index contributed by atoms with van der Waals surface area (Å²) in [6.45, 7) is 0.293. The van der Waals surface area contributed by atoms with Crippen molar-refractivity contribution in [1.82, 2.24) is 5.32 Å². The fourth-order valence-corrected chi connectivity index (χ4v) is 6.35. The van der Waals surface area contributed by atoms with Gasteiger partial charge in [-0.3, -0.25) is 4.79 Å². The van der Waals surface area contributed by atoms with Gasteiger partial charge in [0, 0.05) is 10.6 Å². The quantitative estimate of drug-likeness (QED) is 0.750. The monoisotopic (exact) mass is 386 g/mol. The number of halogens is 3. The van der Waals surface area contributed by atoms with Crippen LogP contribution in [0.25, 0.3) is 0 Å². The predicted octanol–water partition coefficient (Wildman–Crippen LogP) is 5.14. The van der Waals surface area contributed by atoms with Crippen LogP contribution in [0.1, 0.15) is 38.5 Å². The average Bonchev–Trinajstić information content (AvgIpc) is 2.47. The molecule has 4 aliphatic rings. The number of benzene rings is 1. The highest BCUT2D eigenvalue weighted by Gasteiger charge is 2.50. The number of rotatable bonds is 4. The molecule has 4 bridgehead atoms. The maximum atomic E-state index is 12.4. The third-order valence-corrected chi connectivity index (χ3v) is 6.75. The Morgan fingerprint density at radius 2 is 1.50 bits per heavy atom. The molecule has 0 unspecified atom stereocenters. The lowest BCUT2D eigenvalue weighted by Crippen LogP contribution is -2.59. The molecule has 4 aliphatic carbocycles. The van der Waals surface area contributed by atoms with E-state index in [1.54, 1.807) is 12.1 Å². The van der Waals surface area contributed by atoms with Crippen molar-refractivity contribution in [2.75, 3.05) is 11.9 Å². The van der Waals surface area contributed by atoms with Crippen LogP contribution in [-0.4, -0.2) is 18.0 Å². The summed E-state index contributed by atoms with van der Waals surface area (Å²) in [4.78, 5) is 12.4. The first-order valence-corrected chi connectivity index (χ1v) is 9.75. The summed E-state index contributed by atoms with van der Waals surface area (Å²) in [7, 11) is 0. The molecule has 24 heavy (non-hydrogen) atoms. The number of amides is 1. The Labute approximate surface area is 157 Å². The zero-order valence-corrected chi connectivity index (χ0v) is 15.6. The smallest absolute Gasteiger partial charge is 0.238 e. The Kier molecular flexibility index (Phi) is 4.49. The molecule has 4 fully saturated rings. The highest BCUT2D eigenvalue weighted by atomic mass is 35.5. The molecule has 0 aliphatic heterocycles. The number of anilines is 1. The van der Waals surface area contributed by atoms with E-state index in [0.29, 0.717) is 27.3 Å². The van der Waals surface area contributed by atoms with E-state index in [2.05, 4.69) is 10.6 Å². The number of nitrogens with one attached hydrogen (secondary N) is 2. The number of carbonyl (C=O) groups excluding carboxylic acids is 1. The van der Waals surface area contributed by atoms with Crippen LogP contribution in [0.15, 0.2) is 12.1 Å². The van der Waals surface area contributed by atoms with E-state index in [1.165, 1.54) is 38.5 Å². The third kappa shape index (κ3) is 3.29. The van der Waals surface area contributed by atoms with Crippen LogP contribution >= 0.6 is 34.8 Å². The predicted molar refractivity (Wildman–Crippen MR) is 99.0 cm³/mol. The van der Waals surface area contributed by atoms with Gasteiger partial charge in [-0.1, -0.05) is 34.8 Å². The maximum Gasteiger partial charge on any atom is 0.238 e. The molecule has 0 radical (unpaired) electrons. The fraction of sp³-hybridized carbons (Fsp3) is 0.611. The summed E-state index contributed by atoms with van der Waals surface area (Å²) >= 11 is 18.2. The first-order chi connectivity index (χ1) is 11.4. The Bertz CT molecular complexity index is 618. The van der Waals surface area contributed by atoms with Gasteiger partial charge in [0.05, 0.1) is 22.3 Å². The first kappa shape index (κ1) is 17.0. The summed E-state index contributed by atoms with van der Waals surface area (Å²) in [5.41, 5.74) is 0.597. The second kappa shape index (κ2) is 6.35. The second-order valence-electron chi connectivity index (χ2n) is 7.84. The minimum atomic E-state index is -0.114. The van der Waals surface area contributed by atoms with Crippen molar-refractivity contribution >= 4 is 46.4 Å². The Morgan fingerprint density at radius 3 is 2.00 bits per heavy atom. The van der Waals surface area contributed by atoms with Crippen LogP contribution in [0, 0.1) is 17.8 Å². The molecule has 4 saturated carbocycles. The molecule has 1 amide bonds. The lowest BCUT2D eigenvalue weighted by molar-refractivity contribution is -0.116. The van der Waals surface area contributed by atoms with E-state index in [1.807, 2.05) is 0 Å². The van der Waals surface area contributed by atoms with E-state index in [-0.39, 0.29) is 11.4 Å². The molecule has 2 N–H and O–H groups in total. The summed E-state index contributed by atoms with van der Waals surface area (Å²) in [5, 5.41) is 7.56. The van der Waals surface area contributed by atoms with Crippen molar-refractivity contribution in [1.29, 1.82) is 0 Å². The molecular formula is C18H21Cl3N2O. The Hall–Kier alpha value is -0.480. The lowest BCUT2D eigenvalue weighted by atomic mass is 9.53. The zero-order valence-electron chi connectivity index (χ0n) is 13.4. The molecule has 6 heteroatoms. The van der Waals surface area contributed by atoms with Crippen molar-refractivity contribution in [3.8, 4) is 0 Å². The van der Waals surface area contributed by atoms with Gasteiger partial charge >= 0.3 is 0 Å². The van der Waals surface area contributed by atoms with E-state index in [0.717, 1.165) is 17.8 Å². The van der Waals surface area contributed by atoms with Gasteiger partial charge in [0.2, 0.25) is 5.91 Å². The van der Waals surface area contributed by atoms with Crippen molar-refractivity contribution in [3.63, 3.8) is 0 Å². The SMILES string of the molecule is O=C(CNC12CC3CC(CC(C3)C1)C2)Nc1c(Cl)cc(Cl)cc1Cl. The molecule has 1 aromatic rings. The highest BCUT2D eigenvalue weighted by Crippen LogP contribution is 2.55. The molecule has 1 aromatic carbocycles. The number of hydrogen-bond acceptors (Lipinski definition) is 2. The third-order valence-electron chi connectivity index (χ3n) is 5.93. The number of hydrogen-bond donors (Lipinski definition) is 2. The first-order valence-electron chi connectivity index (χ1n) is 8.62. The molecule has 0 atom stereocenters. The molecular weight excluding hydrogens is 367 g/mol. The number of carbonyl (C=O) groups is 1. The van der Waals surface area contributed by atoms with E-state index in [9.17, 15) is 4.79 Å². The van der Waals surface area contributed by atoms with Crippen molar-refractivity contribution in [2.45, 2.75) is 44.1 Å². The van der Waals surface area contributed by atoms with Gasteiger partial charge in [0.1, 0.15) is 0 Å². The van der Waals surface area contributed by atoms with Gasteiger partial charge in [-0.25, -0.2) is 0 Å². The van der Waals surface area contributed by atoms with E-state index >= 15 is 0 Å². The molecule has 0 saturated heterocycles. The van der Waals surface area contributed by atoms with Crippen LogP contribution in [-0.2, 0) is 4.79 Å². The summed E-state index contributed by atoms with van der Waals surface area (Å²) in [6, 6.07) is 3.16. The molecule has 130 valence electrons. The van der Waals surface area contributed by atoms with Gasteiger partial charge in [0.15, 0.2) is 0 Å².